The lowest BCUT2D eigenvalue weighted by Gasteiger charge is -2.16. The number of hydrogen-bond donors (Lipinski definition) is 3. The Morgan fingerprint density at radius 1 is 1.50 bits per heavy atom. The Labute approximate surface area is 132 Å². The molecule has 0 aromatic carbocycles. The number of carbonyl (C=O) groups is 1. The number of aliphatic carboxylic acids is 1. The van der Waals surface area contributed by atoms with E-state index in [0.717, 1.165) is 0 Å². The molecule has 0 amide bonds. The molecule has 7 nitrogen and oxygen atoms in total. The summed E-state index contributed by atoms with van der Waals surface area (Å²) in [5.74, 6) is -1.20. The fourth-order valence-electron chi connectivity index (χ4n) is 2.12. The van der Waals surface area contributed by atoms with E-state index in [9.17, 15) is 18.3 Å². The van der Waals surface area contributed by atoms with Gasteiger partial charge >= 0.3 is 5.97 Å². The number of sulfonamides is 1. The van der Waals surface area contributed by atoms with E-state index in [4.69, 9.17) is 11.6 Å². The molecular formula is C13H16ClN3O4S. The van der Waals surface area contributed by atoms with Gasteiger partial charge < -0.3 is 10.1 Å². The average molecular weight is 346 g/mol. The zero-order chi connectivity index (χ0) is 16.5. The number of halogens is 1. The van der Waals surface area contributed by atoms with Crippen molar-refractivity contribution in [2.75, 3.05) is 0 Å². The minimum absolute atomic E-state index is 0.0250. The predicted octanol–water partition coefficient (Wildman–Crippen LogP) is 1.99. The quantitative estimate of drug-likeness (QED) is 0.741. The van der Waals surface area contributed by atoms with Crippen LogP contribution in [0.15, 0.2) is 23.4 Å². The van der Waals surface area contributed by atoms with Gasteiger partial charge in [-0.2, -0.15) is 4.72 Å². The first-order chi connectivity index (χ1) is 10.2. The molecule has 0 unspecified atom stereocenters. The van der Waals surface area contributed by atoms with Crippen LogP contribution in [0.2, 0.25) is 5.02 Å². The fourth-order valence-corrected chi connectivity index (χ4v) is 3.81. The molecule has 0 spiro atoms. The Bertz CT molecular complexity index is 801. The third-order valence-corrected chi connectivity index (χ3v) is 4.89. The van der Waals surface area contributed by atoms with Crippen molar-refractivity contribution in [1.82, 2.24) is 14.7 Å². The van der Waals surface area contributed by atoms with Crippen molar-refractivity contribution in [2.45, 2.75) is 31.2 Å². The highest BCUT2D eigenvalue weighted by molar-refractivity contribution is 7.89. The van der Waals surface area contributed by atoms with E-state index in [1.54, 1.807) is 0 Å². The minimum atomic E-state index is -4.04. The number of hydrogen-bond acceptors (Lipinski definition) is 4. The number of aromatic nitrogens is 2. The number of H-pyrrole nitrogens is 1. The van der Waals surface area contributed by atoms with Crippen LogP contribution >= 0.6 is 11.6 Å². The van der Waals surface area contributed by atoms with Gasteiger partial charge in [-0.15, -0.1) is 0 Å². The van der Waals surface area contributed by atoms with E-state index in [2.05, 4.69) is 14.7 Å². The molecule has 120 valence electrons. The summed E-state index contributed by atoms with van der Waals surface area (Å²) < 4.78 is 27.2. The van der Waals surface area contributed by atoms with Gasteiger partial charge in [0.05, 0.1) is 10.4 Å². The van der Waals surface area contributed by atoms with E-state index >= 15 is 0 Å². The number of pyridine rings is 1. The van der Waals surface area contributed by atoms with Crippen LogP contribution in [-0.2, 0) is 14.8 Å². The molecule has 0 radical (unpaired) electrons. The maximum atomic E-state index is 12.5. The monoisotopic (exact) mass is 345 g/mol. The topological polar surface area (TPSA) is 112 Å². The second kappa shape index (κ2) is 6.23. The maximum Gasteiger partial charge on any atom is 0.321 e. The Hall–Kier alpha value is -1.64. The van der Waals surface area contributed by atoms with Gasteiger partial charge in [0.1, 0.15) is 16.6 Å². The number of rotatable bonds is 6. The van der Waals surface area contributed by atoms with Gasteiger partial charge in [0.25, 0.3) is 0 Å². The largest absolute Gasteiger partial charge is 0.480 e. The molecule has 2 rings (SSSR count). The van der Waals surface area contributed by atoms with Crippen molar-refractivity contribution < 1.29 is 18.3 Å². The molecule has 2 aromatic heterocycles. The van der Waals surface area contributed by atoms with Crippen LogP contribution < -0.4 is 4.72 Å². The van der Waals surface area contributed by atoms with Crippen LogP contribution in [-0.4, -0.2) is 35.5 Å². The molecule has 2 aromatic rings. The Morgan fingerprint density at radius 2 is 2.18 bits per heavy atom. The molecule has 2 heterocycles. The molecule has 0 aliphatic carbocycles. The number of nitrogens with zero attached hydrogens (tertiary/aromatic N) is 1. The summed E-state index contributed by atoms with van der Waals surface area (Å²) >= 11 is 6.02. The highest BCUT2D eigenvalue weighted by atomic mass is 35.5. The zero-order valence-electron chi connectivity index (χ0n) is 12.0. The fraction of sp³-hybridized carbons (Fsp3) is 0.385. The summed E-state index contributed by atoms with van der Waals surface area (Å²) in [7, 11) is -4.04. The third kappa shape index (κ3) is 3.40. The SMILES string of the molecule is CC(C)C[C@H](NS(=O)(=O)c1c[nH]c2nccc(Cl)c12)C(=O)O. The van der Waals surface area contributed by atoms with Crippen molar-refractivity contribution in [3.8, 4) is 0 Å². The van der Waals surface area contributed by atoms with Crippen LogP contribution in [0.5, 0.6) is 0 Å². The number of fused-ring (bicyclic) bond motifs is 1. The number of carboxylic acid groups (broad SMARTS) is 1. The molecular weight excluding hydrogens is 330 g/mol. The molecule has 0 saturated carbocycles. The molecule has 1 atom stereocenters. The number of nitrogens with one attached hydrogen (secondary N) is 2. The lowest BCUT2D eigenvalue weighted by Crippen LogP contribution is -2.41. The van der Waals surface area contributed by atoms with Crippen LogP contribution in [0.25, 0.3) is 11.0 Å². The molecule has 9 heteroatoms. The summed E-state index contributed by atoms with van der Waals surface area (Å²) in [6.45, 7) is 3.63. The first-order valence-electron chi connectivity index (χ1n) is 6.59. The Balaban J connectivity index is 2.42. The van der Waals surface area contributed by atoms with Crippen molar-refractivity contribution in [3.63, 3.8) is 0 Å². The minimum Gasteiger partial charge on any atom is -0.480 e. The normalized spacial score (nSPS) is 13.6. The number of aromatic amines is 1. The molecule has 0 saturated heterocycles. The van der Waals surface area contributed by atoms with Crippen LogP contribution in [0, 0.1) is 5.92 Å². The highest BCUT2D eigenvalue weighted by Crippen LogP contribution is 2.28. The average Bonchev–Trinajstić information content (AvgIpc) is 2.83. The van der Waals surface area contributed by atoms with E-state index in [0.29, 0.717) is 5.65 Å². The highest BCUT2D eigenvalue weighted by Gasteiger charge is 2.28. The van der Waals surface area contributed by atoms with Gasteiger partial charge in [-0.25, -0.2) is 13.4 Å². The third-order valence-electron chi connectivity index (χ3n) is 3.08. The second-order valence-corrected chi connectivity index (χ2v) is 7.40. The van der Waals surface area contributed by atoms with E-state index in [1.165, 1.54) is 18.5 Å². The zero-order valence-corrected chi connectivity index (χ0v) is 13.6. The predicted molar refractivity (Wildman–Crippen MR) is 82.3 cm³/mol. The molecule has 3 N–H and O–H groups in total. The summed E-state index contributed by atoms with van der Waals surface area (Å²) in [6.07, 6.45) is 2.88. The van der Waals surface area contributed by atoms with Gasteiger partial charge in [-0.05, 0) is 18.4 Å². The Morgan fingerprint density at radius 3 is 2.77 bits per heavy atom. The van der Waals surface area contributed by atoms with Crippen LogP contribution in [0.4, 0.5) is 0 Å². The van der Waals surface area contributed by atoms with Gasteiger partial charge in [-0.1, -0.05) is 25.4 Å². The van der Waals surface area contributed by atoms with Gasteiger partial charge in [0, 0.05) is 12.4 Å². The van der Waals surface area contributed by atoms with E-state index < -0.39 is 22.0 Å². The van der Waals surface area contributed by atoms with Crippen molar-refractivity contribution in [2.24, 2.45) is 5.92 Å². The van der Waals surface area contributed by atoms with E-state index in [1.807, 2.05) is 13.8 Å². The molecule has 0 bridgehead atoms. The first kappa shape index (κ1) is 16.7. The van der Waals surface area contributed by atoms with Crippen molar-refractivity contribution in [3.05, 3.63) is 23.5 Å². The Kier molecular flexibility index (Phi) is 4.74. The maximum absolute atomic E-state index is 12.5. The molecule has 22 heavy (non-hydrogen) atoms. The summed E-state index contributed by atoms with van der Waals surface area (Å²) in [5.41, 5.74) is 0.323. The van der Waals surface area contributed by atoms with Crippen LogP contribution in [0.1, 0.15) is 20.3 Å². The second-order valence-electron chi connectivity index (χ2n) is 5.31. The van der Waals surface area contributed by atoms with E-state index in [-0.39, 0.29) is 27.6 Å². The molecule has 0 aliphatic heterocycles. The van der Waals surface area contributed by atoms with Crippen molar-refractivity contribution >= 4 is 38.6 Å². The summed E-state index contributed by atoms with van der Waals surface area (Å²) in [6, 6.07) is 0.268. The standard InChI is InChI=1S/C13H16ClN3O4S/c1-7(2)5-9(13(18)19)17-22(20,21)10-6-16-12-11(10)8(14)3-4-15-12/h3-4,6-7,9,17H,5H2,1-2H3,(H,15,16)(H,18,19)/t9-/m0/s1. The number of carboxylic acids is 1. The first-order valence-corrected chi connectivity index (χ1v) is 8.45. The van der Waals surface area contributed by atoms with Gasteiger partial charge in [0.2, 0.25) is 10.0 Å². The lowest BCUT2D eigenvalue weighted by atomic mass is 10.1. The smallest absolute Gasteiger partial charge is 0.321 e. The summed E-state index contributed by atoms with van der Waals surface area (Å²) in [4.78, 5) is 17.8. The van der Waals surface area contributed by atoms with Crippen molar-refractivity contribution in [1.29, 1.82) is 0 Å². The lowest BCUT2D eigenvalue weighted by molar-refractivity contribution is -0.139. The van der Waals surface area contributed by atoms with Gasteiger partial charge in [0.15, 0.2) is 0 Å². The summed E-state index contributed by atoms with van der Waals surface area (Å²) in [5, 5.41) is 9.64. The molecule has 0 fully saturated rings. The van der Waals surface area contributed by atoms with Crippen LogP contribution in [0.3, 0.4) is 0 Å². The van der Waals surface area contributed by atoms with Gasteiger partial charge in [-0.3, -0.25) is 4.79 Å². The molecule has 0 aliphatic rings.